The molecular formula is C15H30N2O. The minimum atomic E-state index is 0.728. The normalized spacial score (nSPS) is 25.5. The molecule has 0 spiro atoms. The van der Waals surface area contributed by atoms with Crippen molar-refractivity contribution in [2.45, 2.75) is 51.5 Å². The van der Waals surface area contributed by atoms with Crippen LogP contribution in [0.5, 0.6) is 0 Å². The van der Waals surface area contributed by atoms with E-state index in [0.29, 0.717) is 0 Å². The molecule has 1 aliphatic heterocycles. The number of rotatable bonds is 9. The van der Waals surface area contributed by atoms with Crippen LogP contribution in [-0.4, -0.2) is 50.3 Å². The Hall–Kier alpha value is -0.120. The number of hydrogen-bond donors (Lipinski definition) is 1. The molecule has 3 nitrogen and oxygen atoms in total. The Morgan fingerprint density at radius 2 is 2.17 bits per heavy atom. The fourth-order valence-electron chi connectivity index (χ4n) is 2.70. The number of likely N-dealkylation sites (tertiary alicyclic amines) is 1. The molecule has 1 saturated carbocycles. The molecule has 1 unspecified atom stereocenters. The van der Waals surface area contributed by atoms with Crippen molar-refractivity contribution in [2.75, 3.05) is 39.4 Å². The highest BCUT2D eigenvalue weighted by Gasteiger charge is 2.21. The smallest absolute Gasteiger partial charge is 0.0494 e. The summed E-state index contributed by atoms with van der Waals surface area (Å²) in [6.45, 7) is 9.12. The summed E-state index contributed by atoms with van der Waals surface area (Å²) in [5.74, 6) is 0.905. The topological polar surface area (TPSA) is 24.5 Å². The van der Waals surface area contributed by atoms with E-state index in [1.54, 1.807) is 0 Å². The molecule has 1 heterocycles. The second-order valence-corrected chi connectivity index (χ2v) is 5.97. The Bertz CT molecular complexity index is 219. The van der Waals surface area contributed by atoms with Crippen molar-refractivity contribution < 1.29 is 4.74 Å². The van der Waals surface area contributed by atoms with Gasteiger partial charge in [0.05, 0.1) is 0 Å². The molecule has 2 fully saturated rings. The number of nitrogens with zero attached hydrogens (tertiary/aromatic N) is 1. The van der Waals surface area contributed by atoms with E-state index in [1.165, 1.54) is 64.7 Å². The van der Waals surface area contributed by atoms with Crippen LogP contribution in [0, 0.1) is 5.92 Å². The van der Waals surface area contributed by atoms with Crippen molar-refractivity contribution in [3.8, 4) is 0 Å². The molecule has 2 rings (SSSR count). The first-order valence-corrected chi connectivity index (χ1v) is 7.92. The molecule has 3 heteroatoms. The van der Waals surface area contributed by atoms with E-state index in [1.807, 2.05) is 0 Å². The average molecular weight is 254 g/mol. The fourth-order valence-corrected chi connectivity index (χ4v) is 2.70. The minimum absolute atomic E-state index is 0.728. The maximum Gasteiger partial charge on any atom is 0.0494 e. The molecule has 0 radical (unpaired) electrons. The number of ether oxygens (including phenoxy) is 1. The van der Waals surface area contributed by atoms with Gasteiger partial charge < -0.3 is 15.0 Å². The number of hydrogen-bond acceptors (Lipinski definition) is 3. The summed E-state index contributed by atoms with van der Waals surface area (Å²) in [6, 6.07) is 0.728. The third-order valence-corrected chi connectivity index (χ3v) is 4.00. The van der Waals surface area contributed by atoms with E-state index in [0.717, 1.165) is 25.2 Å². The molecule has 0 aromatic heterocycles. The van der Waals surface area contributed by atoms with E-state index < -0.39 is 0 Å². The van der Waals surface area contributed by atoms with E-state index in [4.69, 9.17) is 4.74 Å². The van der Waals surface area contributed by atoms with Gasteiger partial charge in [-0.15, -0.1) is 0 Å². The first-order chi connectivity index (χ1) is 8.88. The van der Waals surface area contributed by atoms with Gasteiger partial charge >= 0.3 is 0 Å². The number of nitrogens with one attached hydrogen (secondary N) is 1. The summed E-state index contributed by atoms with van der Waals surface area (Å²) in [4.78, 5) is 2.61. The second-order valence-electron chi connectivity index (χ2n) is 5.97. The largest absolute Gasteiger partial charge is 0.381 e. The first kappa shape index (κ1) is 14.3. The van der Waals surface area contributed by atoms with Crippen LogP contribution >= 0.6 is 0 Å². The summed E-state index contributed by atoms with van der Waals surface area (Å²) in [5, 5.41) is 3.65. The third kappa shape index (κ3) is 5.68. The zero-order valence-electron chi connectivity index (χ0n) is 12.0. The molecule has 0 amide bonds. The summed E-state index contributed by atoms with van der Waals surface area (Å²) < 4.78 is 5.70. The molecule has 0 aromatic carbocycles. The van der Waals surface area contributed by atoms with Gasteiger partial charge in [-0.25, -0.2) is 0 Å². The predicted molar refractivity (Wildman–Crippen MR) is 75.9 cm³/mol. The van der Waals surface area contributed by atoms with Crippen LogP contribution in [0.15, 0.2) is 0 Å². The van der Waals surface area contributed by atoms with Crippen molar-refractivity contribution in [3.63, 3.8) is 0 Å². The molecular weight excluding hydrogens is 224 g/mol. The maximum absolute atomic E-state index is 5.70. The zero-order valence-corrected chi connectivity index (χ0v) is 12.0. The highest BCUT2D eigenvalue weighted by Crippen LogP contribution is 2.28. The van der Waals surface area contributed by atoms with E-state index >= 15 is 0 Å². The Labute approximate surface area is 112 Å². The molecule has 1 aliphatic carbocycles. The lowest BCUT2D eigenvalue weighted by molar-refractivity contribution is 0.105. The Kier molecular flexibility index (Phi) is 6.46. The predicted octanol–water partition coefficient (Wildman–Crippen LogP) is 2.27. The van der Waals surface area contributed by atoms with Crippen molar-refractivity contribution in [1.29, 1.82) is 0 Å². The lowest BCUT2D eigenvalue weighted by Crippen LogP contribution is -2.46. The molecule has 1 saturated heterocycles. The molecule has 0 aromatic rings. The van der Waals surface area contributed by atoms with Crippen LogP contribution in [0.4, 0.5) is 0 Å². The summed E-state index contributed by atoms with van der Waals surface area (Å²) in [6.07, 6.45) is 7.95. The zero-order chi connectivity index (χ0) is 12.6. The second kappa shape index (κ2) is 8.13. The number of piperidine rings is 1. The van der Waals surface area contributed by atoms with Gasteiger partial charge in [0, 0.05) is 32.3 Å². The van der Waals surface area contributed by atoms with Gasteiger partial charge in [0.15, 0.2) is 0 Å². The van der Waals surface area contributed by atoms with Crippen LogP contribution in [0.3, 0.4) is 0 Å². The monoisotopic (exact) mass is 254 g/mol. The third-order valence-electron chi connectivity index (χ3n) is 4.00. The summed E-state index contributed by atoms with van der Waals surface area (Å²) in [7, 11) is 0. The Morgan fingerprint density at radius 3 is 2.94 bits per heavy atom. The highest BCUT2D eigenvalue weighted by atomic mass is 16.5. The molecule has 18 heavy (non-hydrogen) atoms. The van der Waals surface area contributed by atoms with Gasteiger partial charge in [-0.3, -0.25) is 0 Å². The Morgan fingerprint density at radius 1 is 1.28 bits per heavy atom. The van der Waals surface area contributed by atoms with E-state index in [2.05, 4.69) is 17.1 Å². The standard InChI is InChI=1S/C15H30N2O/c1-2-8-16-15-5-3-9-17(12-15)10-4-11-18-13-14-6-7-14/h14-16H,2-13H2,1H3. The highest BCUT2D eigenvalue weighted by molar-refractivity contribution is 4.78. The molecule has 0 bridgehead atoms. The van der Waals surface area contributed by atoms with Gasteiger partial charge in [0.25, 0.3) is 0 Å². The quantitative estimate of drug-likeness (QED) is 0.639. The van der Waals surface area contributed by atoms with Gasteiger partial charge in [0.1, 0.15) is 0 Å². The van der Waals surface area contributed by atoms with Gasteiger partial charge in [-0.05, 0) is 57.5 Å². The molecule has 2 aliphatic rings. The van der Waals surface area contributed by atoms with E-state index in [9.17, 15) is 0 Å². The Balaban J connectivity index is 1.48. The molecule has 106 valence electrons. The van der Waals surface area contributed by atoms with Crippen LogP contribution in [0.25, 0.3) is 0 Å². The molecule has 1 N–H and O–H groups in total. The van der Waals surface area contributed by atoms with Crippen molar-refractivity contribution in [1.82, 2.24) is 10.2 Å². The lowest BCUT2D eigenvalue weighted by Gasteiger charge is -2.33. The minimum Gasteiger partial charge on any atom is -0.381 e. The van der Waals surface area contributed by atoms with Gasteiger partial charge in [0.2, 0.25) is 0 Å². The van der Waals surface area contributed by atoms with Crippen molar-refractivity contribution in [3.05, 3.63) is 0 Å². The summed E-state index contributed by atoms with van der Waals surface area (Å²) in [5.41, 5.74) is 0. The van der Waals surface area contributed by atoms with Crippen molar-refractivity contribution >= 4 is 0 Å². The van der Waals surface area contributed by atoms with Crippen LogP contribution < -0.4 is 5.32 Å². The van der Waals surface area contributed by atoms with Crippen molar-refractivity contribution in [2.24, 2.45) is 5.92 Å². The first-order valence-electron chi connectivity index (χ1n) is 7.92. The fraction of sp³-hybridized carbons (Fsp3) is 1.00. The van der Waals surface area contributed by atoms with Gasteiger partial charge in [-0.2, -0.15) is 0 Å². The maximum atomic E-state index is 5.70. The van der Waals surface area contributed by atoms with Crippen LogP contribution in [-0.2, 0) is 4.74 Å². The van der Waals surface area contributed by atoms with Crippen LogP contribution in [0.2, 0.25) is 0 Å². The lowest BCUT2D eigenvalue weighted by atomic mass is 10.1. The molecule has 1 atom stereocenters. The SMILES string of the molecule is CCCNC1CCCN(CCCOCC2CC2)C1. The summed E-state index contributed by atoms with van der Waals surface area (Å²) >= 11 is 0. The van der Waals surface area contributed by atoms with E-state index in [-0.39, 0.29) is 0 Å². The average Bonchev–Trinajstić information content (AvgIpc) is 3.20. The van der Waals surface area contributed by atoms with Crippen LogP contribution in [0.1, 0.15) is 45.4 Å². The van der Waals surface area contributed by atoms with Gasteiger partial charge in [-0.1, -0.05) is 6.92 Å².